The molecule has 0 aliphatic carbocycles. The summed E-state index contributed by atoms with van der Waals surface area (Å²) in [5.41, 5.74) is 3.53. The van der Waals surface area contributed by atoms with Crippen molar-refractivity contribution >= 4 is 11.8 Å². The van der Waals surface area contributed by atoms with E-state index in [4.69, 9.17) is 33.2 Å². The molecule has 3 aromatic carbocycles. The van der Waals surface area contributed by atoms with Gasteiger partial charge in [-0.05, 0) is 42.0 Å². The van der Waals surface area contributed by atoms with Crippen LogP contribution < -0.4 is 28.4 Å². The Hall–Kier alpha value is -4.00. The Balaban J connectivity index is 1.88. The maximum atomic E-state index is 6.54. The SMILES string of the molecule is COc1cc(OC)cc(C2O/C(=C/c3ccc(OC)c(OC)c3)c3cc(OC)cc(OC)c32)c1. The van der Waals surface area contributed by atoms with Gasteiger partial charge >= 0.3 is 0 Å². The smallest absolute Gasteiger partial charge is 0.161 e. The maximum Gasteiger partial charge on any atom is 0.161 e. The number of rotatable bonds is 8. The number of hydrogen-bond acceptors (Lipinski definition) is 7. The van der Waals surface area contributed by atoms with E-state index in [9.17, 15) is 0 Å². The van der Waals surface area contributed by atoms with Crippen molar-refractivity contribution in [3.63, 3.8) is 0 Å². The van der Waals surface area contributed by atoms with Crippen molar-refractivity contribution in [2.45, 2.75) is 6.10 Å². The highest BCUT2D eigenvalue weighted by Crippen LogP contribution is 2.50. The first-order valence-electron chi connectivity index (χ1n) is 10.6. The standard InChI is InChI=1S/C27H28O7/c1-28-18-11-17(12-19(13-18)29-2)27-26-21(14-20(30-3)15-25(26)33-6)23(34-27)9-16-7-8-22(31-4)24(10-16)32-5/h7-15,27H,1-6H3/b23-9+. The molecule has 1 unspecified atom stereocenters. The number of hydrogen-bond donors (Lipinski definition) is 0. The van der Waals surface area contributed by atoms with Gasteiger partial charge in [0.15, 0.2) is 17.6 Å². The lowest BCUT2D eigenvalue weighted by atomic mass is 9.96. The van der Waals surface area contributed by atoms with Crippen LogP contribution in [0.5, 0.6) is 34.5 Å². The maximum absolute atomic E-state index is 6.54. The van der Waals surface area contributed by atoms with E-state index in [2.05, 4.69) is 0 Å². The molecule has 0 N–H and O–H groups in total. The zero-order valence-corrected chi connectivity index (χ0v) is 20.1. The van der Waals surface area contributed by atoms with Gasteiger partial charge in [-0.25, -0.2) is 0 Å². The highest BCUT2D eigenvalue weighted by Gasteiger charge is 2.34. The van der Waals surface area contributed by atoms with Crippen LogP contribution >= 0.6 is 0 Å². The predicted molar refractivity (Wildman–Crippen MR) is 129 cm³/mol. The van der Waals surface area contributed by atoms with Gasteiger partial charge in [0.1, 0.15) is 28.8 Å². The second-order valence-corrected chi connectivity index (χ2v) is 7.56. The summed E-state index contributed by atoms with van der Waals surface area (Å²) in [5.74, 6) is 4.63. The molecule has 0 aromatic heterocycles. The summed E-state index contributed by atoms with van der Waals surface area (Å²) in [7, 11) is 9.72. The molecule has 4 rings (SSSR count). The fourth-order valence-corrected chi connectivity index (χ4v) is 4.03. The van der Waals surface area contributed by atoms with Crippen LogP contribution in [0.1, 0.15) is 28.4 Å². The van der Waals surface area contributed by atoms with Crippen molar-refractivity contribution in [3.05, 3.63) is 70.8 Å². The van der Waals surface area contributed by atoms with Gasteiger partial charge in [-0.15, -0.1) is 0 Å². The van der Waals surface area contributed by atoms with E-state index in [-0.39, 0.29) is 0 Å². The van der Waals surface area contributed by atoms with E-state index in [1.54, 1.807) is 42.7 Å². The van der Waals surface area contributed by atoms with Gasteiger partial charge in [0.25, 0.3) is 0 Å². The molecule has 0 amide bonds. The van der Waals surface area contributed by atoms with E-state index < -0.39 is 6.10 Å². The van der Waals surface area contributed by atoms with E-state index in [0.29, 0.717) is 40.3 Å². The van der Waals surface area contributed by atoms with E-state index >= 15 is 0 Å². The van der Waals surface area contributed by atoms with Crippen LogP contribution in [0.25, 0.3) is 11.8 Å². The van der Waals surface area contributed by atoms with Crippen molar-refractivity contribution < 1.29 is 33.2 Å². The minimum absolute atomic E-state index is 0.439. The largest absolute Gasteiger partial charge is 0.497 e. The Kier molecular flexibility index (Phi) is 6.72. The average Bonchev–Trinajstić information content (AvgIpc) is 3.25. The lowest BCUT2D eigenvalue weighted by molar-refractivity contribution is 0.224. The summed E-state index contributed by atoms with van der Waals surface area (Å²) in [4.78, 5) is 0. The molecular weight excluding hydrogens is 436 g/mol. The molecule has 7 heteroatoms. The second kappa shape index (κ2) is 9.87. The molecule has 178 valence electrons. The average molecular weight is 465 g/mol. The predicted octanol–water partition coefficient (Wildman–Crippen LogP) is 5.36. The Morgan fingerprint density at radius 2 is 1.24 bits per heavy atom. The van der Waals surface area contributed by atoms with Crippen LogP contribution in [0.3, 0.4) is 0 Å². The fraction of sp³-hybridized carbons (Fsp3) is 0.259. The highest BCUT2D eigenvalue weighted by atomic mass is 16.5. The van der Waals surface area contributed by atoms with Crippen molar-refractivity contribution in [3.8, 4) is 34.5 Å². The van der Waals surface area contributed by atoms with Gasteiger partial charge in [0, 0.05) is 23.3 Å². The molecule has 0 saturated carbocycles. The number of benzene rings is 3. The summed E-state index contributed by atoms with van der Waals surface area (Å²) < 4.78 is 39.6. The van der Waals surface area contributed by atoms with Gasteiger partial charge in [-0.3, -0.25) is 0 Å². The van der Waals surface area contributed by atoms with Crippen molar-refractivity contribution in [2.75, 3.05) is 42.7 Å². The third-order valence-corrected chi connectivity index (χ3v) is 5.73. The molecule has 1 heterocycles. The van der Waals surface area contributed by atoms with Crippen molar-refractivity contribution in [1.82, 2.24) is 0 Å². The van der Waals surface area contributed by atoms with Gasteiger partial charge in [0.05, 0.1) is 48.2 Å². The van der Waals surface area contributed by atoms with E-state index in [1.165, 1.54) is 0 Å². The number of fused-ring (bicyclic) bond motifs is 1. The molecule has 3 aromatic rings. The summed E-state index contributed by atoms with van der Waals surface area (Å²) in [6, 6.07) is 15.2. The van der Waals surface area contributed by atoms with E-state index in [1.807, 2.05) is 54.6 Å². The van der Waals surface area contributed by atoms with Crippen molar-refractivity contribution in [1.29, 1.82) is 0 Å². The van der Waals surface area contributed by atoms with Crippen LogP contribution in [0.15, 0.2) is 48.5 Å². The highest BCUT2D eigenvalue weighted by molar-refractivity contribution is 5.84. The van der Waals surface area contributed by atoms with Crippen LogP contribution in [-0.4, -0.2) is 42.7 Å². The monoisotopic (exact) mass is 464 g/mol. The lowest BCUT2D eigenvalue weighted by Gasteiger charge is -2.17. The molecule has 0 saturated heterocycles. The topological polar surface area (TPSA) is 64.6 Å². The van der Waals surface area contributed by atoms with Gasteiger partial charge in [-0.1, -0.05) is 6.07 Å². The van der Waals surface area contributed by atoms with Gasteiger partial charge in [0.2, 0.25) is 0 Å². The molecule has 1 aliphatic rings. The summed E-state index contributed by atoms with van der Waals surface area (Å²) in [5, 5.41) is 0. The third kappa shape index (κ3) is 4.29. The molecule has 1 aliphatic heterocycles. The van der Waals surface area contributed by atoms with Crippen molar-refractivity contribution in [2.24, 2.45) is 0 Å². The summed E-state index contributed by atoms with van der Waals surface area (Å²) in [6.45, 7) is 0. The first-order valence-corrected chi connectivity index (χ1v) is 10.6. The quantitative estimate of drug-likeness (QED) is 0.445. The van der Waals surface area contributed by atoms with Crippen LogP contribution in [0.4, 0.5) is 0 Å². The Morgan fingerprint density at radius 1 is 0.618 bits per heavy atom. The molecule has 0 radical (unpaired) electrons. The summed E-state index contributed by atoms with van der Waals surface area (Å²) in [6.07, 6.45) is 1.52. The molecule has 0 bridgehead atoms. The normalized spacial score (nSPS) is 15.4. The fourth-order valence-electron chi connectivity index (χ4n) is 4.03. The third-order valence-electron chi connectivity index (χ3n) is 5.73. The first kappa shape index (κ1) is 23.2. The second-order valence-electron chi connectivity index (χ2n) is 7.56. The zero-order valence-electron chi connectivity index (χ0n) is 20.1. The molecule has 0 fully saturated rings. The summed E-state index contributed by atoms with van der Waals surface area (Å²) >= 11 is 0. The number of methoxy groups -OCH3 is 6. The Morgan fingerprint density at radius 3 is 1.82 bits per heavy atom. The van der Waals surface area contributed by atoms with Crippen LogP contribution in [0, 0.1) is 0 Å². The van der Waals surface area contributed by atoms with Crippen LogP contribution in [0.2, 0.25) is 0 Å². The van der Waals surface area contributed by atoms with Crippen LogP contribution in [-0.2, 0) is 4.74 Å². The Bertz CT molecular complexity index is 1190. The molecule has 1 atom stereocenters. The number of ether oxygens (including phenoxy) is 7. The van der Waals surface area contributed by atoms with Gasteiger partial charge in [-0.2, -0.15) is 0 Å². The Labute approximate surface area is 199 Å². The molecule has 34 heavy (non-hydrogen) atoms. The van der Waals surface area contributed by atoms with Gasteiger partial charge < -0.3 is 33.2 Å². The lowest BCUT2D eigenvalue weighted by Crippen LogP contribution is -2.02. The molecular formula is C27H28O7. The molecule has 7 nitrogen and oxygen atoms in total. The van der Waals surface area contributed by atoms with E-state index in [0.717, 1.165) is 22.3 Å². The minimum Gasteiger partial charge on any atom is -0.497 e. The zero-order chi connectivity index (χ0) is 24.2. The molecule has 0 spiro atoms. The minimum atomic E-state index is -0.439. The first-order chi connectivity index (χ1) is 16.5.